The molecular formula is C27H35ClN2O4. The molecule has 0 aliphatic heterocycles. The zero-order valence-electron chi connectivity index (χ0n) is 20.3. The number of amides is 2. The van der Waals surface area contributed by atoms with Crippen molar-refractivity contribution in [1.82, 2.24) is 10.2 Å². The lowest BCUT2D eigenvalue weighted by Crippen LogP contribution is -2.46. The molecule has 2 aromatic rings. The zero-order valence-corrected chi connectivity index (χ0v) is 21.1. The number of ether oxygens (including phenoxy) is 2. The minimum Gasteiger partial charge on any atom is -0.493 e. The van der Waals surface area contributed by atoms with Crippen molar-refractivity contribution in [2.75, 3.05) is 20.1 Å². The zero-order chi connectivity index (χ0) is 24.5. The van der Waals surface area contributed by atoms with E-state index in [4.69, 9.17) is 21.1 Å². The molecule has 1 fully saturated rings. The highest BCUT2D eigenvalue weighted by Crippen LogP contribution is 2.33. The molecule has 0 aromatic heterocycles. The van der Waals surface area contributed by atoms with Gasteiger partial charge in [-0.3, -0.25) is 9.59 Å². The van der Waals surface area contributed by atoms with Crippen LogP contribution in [0, 0.1) is 6.92 Å². The number of aryl methyl sites for hydroxylation is 1. The summed E-state index contributed by atoms with van der Waals surface area (Å²) in [7, 11) is 3.12. The molecule has 0 bridgehead atoms. The van der Waals surface area contributed by atoms with Gasteiger partial charge in [0.05, 0.1) is 14.2 Å². The second-order valence-corrected chi connectivity index (χ2v) is 9.12. The van der Waals surface area contributed by atoms with E-state index in [1.165, 1.54) is 12.8 Å². The predicted molar refractivity (Wildman–Crippen MR) is 134 cm³/mol. The summed E-state index contributed by atoms with van der Waals surface area (Å²) in [6.07, 6.45) is 6.47. The summed E-state index contributed by atoms with van der Waals surface area (Å²) in [4.78, 5) is 28.4. The highest BCUT2D eigenvalue weighted by molar-refractivity contribution is 6.27. The van der Waals surface area contributed by atoms with Crippen LogP contribution in [0.1, 0.15) is 61.3 Å². The van der Waals surface area contributed by atoms with Gasteiger partial charge in [0.15, 0.2) is 11.5 Å². The Morgan fingerprint density at radius 3 is 2.24 bits per heavy atom. The van der Waals surface area contributed by atoms with Crippen LogP contribution in [-0.4, -0.2) is 42.9 Å². The lowest BCUT2D eigenvalue weighted by Gasteiger charge is -2.32. The van der Waals surface area contributed by atoms with Gasteiger partial charge >= 0.3 is 0 Å². The Morgan fingerprint density at radius 2 is 1.65 bits per heavy atom. The number of hydrogen-bond acceptors (Lipinski definition) is 4. The average molecular weight is 487 g/mol. The van der Waals surface area contributed by atoms with Crippen molar-refractivity contribution >= 4 is 23.4 Å². The van der Waals surface area contributed by atoms with E-state index in [2.05, 4.69) is 5.32 Å². The summed E-state index contributed by atoms with van der Waals surface area (Å²) in [5, 5.41) is 3.23. The number of nitrogens with one attached hydrogen (secondary N) is 1. The first-order chi connectivity index (χ1) is 16.5. The van der Waals surface area contributed by atoms with Crippen LogP contribution in [0.2, 0.25) is 0 Å². The molecule has 0 unspecified atom stereocenters. The molecule has 7 heteroatoms. The van der Waals surface area contributed by atoms with E-state index < -0.39 is 6.04 Å². The summed E-state index contributed by atoms with van der Waals surface area (Å²) in [6.45, 7) is 2.28. The molecule has 1 N–H and O–H groups in total. The molecule has 3 rings (SSSR count). The van der Waals surface area contributed by atoms with Crippen LogP contribution in [0.15, 0.2) is 42.5 Å². The third-order valence-corrected chi connectivity index (χ3v) is 6.62. The van der Waals surface area contributed by atoms with E-state index in [0.29, 0.717) is 17.1 Å². The second kappa shape index (κ2) is 12.7. The number of hydrogen-bond donors (Lipinski definition) is 1. The van der Waals surface area contributed by atoms with Crippen molar-refractivity contribution in [2.45, 2.75) is 64.1 Å². The molecular weight excluding hydrogens is 452 g/mol. The minimum absolute atomic E-state index is 0.102. The van der Waals surface area contributed by atoms with E-state index in [0.717, 1.165) is 36.8 Å². The molecule has 0 saturated heterocycles. The number of benzene rings is 2. The van der Waals surface area contributed by atoms with E-state index in [1.807, 2.05) is 37.3 Å². The van der Waals surface area contributed by atoms with Crippen LogP contribution in [-0.2, 0) is 16.1 Å². The molecule has 2 aromatic carbocycles. The summed E-state index contributed by atoms with van der Waals surface area (Å²) < 4.78 is 10.9. The third-order valence-electron chi connectivity index (χ3n) is 6.39. The van der Waals surface area contributed by atoms with Gasteiger partial charge in [-0.1, -0.05) is 61.6 Å². The number of methoxy groups -OCH3 is 2. The fourth-order valence-corrected chi connectivity index (χ4v) is 4.64. The number of nitrogens with zero attached hydrogens (tertiary/aromatic N) is 1. The second-order valence-electron chi connectivity index (χ2n) is 8.85. The Hall–Kier alpha value is -2.73. The van der Waals surface area contributed by atoms with Crippen LogP contribution < -0.4 is 14.8 Å². The highest BCUT2D eigenvalue weighted by atomic mass is 35.5. The number of carbonyl (C=O) groups is 2. The number of rotatable bonds is 9. The average Bonchev–Trinajstić information content (AvgIpc) is 3.12. The first-order valence-electron chi connectivity index (χ1n) is 11.9. The highest BCUT2D eigenvalue weighted by Gasteiger charge is 2.33. The minimum atomic E-state index is -0.851. The monoisotopic (exact) mass is 486 g/mol. The van der Waals surface area contributed by atoms with Gasteiger partial charge in [-0.25, -0.2) is 0 Å². The molecule has 6 nitrogen and oxygen atoms in total. The van der Waals surface area contributed by atoms with Gasteiger partial charge in [0.1, 0.15) is 11.9 Å². The summed E-state index contributed by atoms with van der Waals surface area (Å²) in [5.74, 6) is 0.332. The summed E-state index contributed by atoms with van der Waals surface area (Å²) in [6, 6.07) is 12.5. The lowest BCUT2D eigenvalue weighted by molar-refractivity contribution is -0.140. The first kappa shape index (κ1) is 25.9. The van der Waals surface area contributed by atoms with Gasteiger partial charge in [0.2, 0.25) is 11.8 Å². The molecule has 1 saturated carbocycles. The largest absolute Gasteiger partial charge is 0.493 e. The SMILES string of the molecule is COc1ccc([C@@H](C(=O)NC2CCCCCC2)N(Cc2ccc(C)cc2)C(=O)CCl)cc1OC. The number of halogens is 1. The van der Waals surface area contributed by atoms with Crippen molar-refractivity contribution in [3.8, 4) is 11.5 Å². The Bertz CT molecular complexity index is 956. The normalized spacial score (nSPS) is 15.2. The van der Waals surface area contributed by atoms with Crippen LogP contribution in [0.4, 0.5) is 0 Å². The van der Waals surface area contributed by atoms with Gasteiger partial charge in [-0.2, -0.15) is 0 Å². The Balaban J connectivity index is 2.00. The van der Waals surface area contributed by atoms with Crippen molar-refractivity contribution in [3.63, 3.8) is 0 Å². The maximum atomic E-state index is 13.8. The molecule has 0 heterocycles. The van der Waals surface area contributed by atoms with Crippen molar-refractivity contribution in [2.24, 2.45) is 0 Å². The standard InChI is InChI=1S/C27H35ClN2O4/c1-19-10-12-20(13-11-19)18-30(25(31)17-28)26(21-14-15-23(33-2)24(16-21)34-3)27(32)29-22-8-6-4-5-7-9-22/h10-16,22,26H,4-9,17-18H2,1-3H3,(H,29,32)/t26-/m0/s1. The summed E-state index contributed by atoms with van der Waals surface area (Å²) in [5.41, 5.74) is 2.70. The maximum Gasteiger partial charge on any atom is 0.247 e. The van der Waals surface area contributed by atoms with E-state index in [1.54, 1.807) is 31.3 Å². The fourth-order valence-electron chi connectivity index (χ4n) is 4.49. The van der Waals surface area contributed by atoms with Crippen LogP contribution in [0.25, 0.3) is 0 Å². The van der Waals surface area contributed by atoms with Gasteiger partial charge < -0.3 is 19.7 Å². The van der Waals surface area contributed by atoms with E-state index >= 15 is 0 Å². The molecule has 1 aliphatic rings. The number of carbonyl (C=O) groups excluding carboxylic acids is 2. The molecule has 2 amide bonds. The predicted octanol–water partition coefficient (Wildman–Crippen LogP) is 5.16. The van der Waals surface area contributed by atoms with Crippen LogP contribution in [0.3, 0.4) is 0 Å². The molecule has 1 aliphatic carbocycles. The van der Waals surface area contributed by atoms with Crippen molar-refractivity contribution in [3.05, 3.63) is 59.2 Å². The van der Waals surface area contributed by atoms with Gasteiger partial charge in [0, 0.05) is 12.6 Å². The molecule has 184 valence electrons. The maximum absolute atomic E-state index is 13.8. The lowest BCUT2D eigenvalue weighted by atomic mass is 10.0. The van der Waals surface area contributed by atoms with Crippen LogP contribution in [0.5, 0.6) is 11.5 Å². The topological polar surface area (TPSA) is 67.9 Å². The first-order valence-corrected chi connectivity index (χ1v) is 12.4. The molecule has 0 radical (unpaired) electrons. The van der Waals surface area contributed by atoms with Crippen molar-refractivity contribution < 1.29 is 19.1 Å². The van der Waals surface area contributed by atoms with Crippen molar-refractivity contribution in [1.29, 1.82) is 0 Å². The van der Waals surface area contributed by atoms with Gasteiger partial charge in [-0.05, 0) is 43.0 Å². The Morgan fingerprint density at radius 1 is 1.00 bits per heavy atom. The van der Waals surface area contributed by atoms with Gasteiger partial charge in [-0.15, -0.1) is 11.6 Å². The Kier molecular flexibility index (Phi) is 9.63. The third kappa shape index (κ3) is 6.66. The summed E-state index contributed by atoms with van der Waals surface area (Å²) >= 11 is 6.03. The Labute approximate surface area is 207 Å². The quantitative estimate of drug-likeness (QED) is 0.392. The van der Waals surface area contributed by atoms with Gasteiger partial charge in [0.25, 0.3) is 0 Å². The van der Waals surface area contributed by atoms with Crippen LogP contribution >= 0.6 is 11.6 Å². The van der Waals surface area contributed by atoms with E-state index in [-0.39, 0.29) is 30.3 Å². The number of alkyl halides is 1. The smallest absolute Gasteiger partial charge is 0.247 e. The molecule has 1 atom stereocenters. The van der Waals surface area contributed by atoms with E-state index in [9.17, 15) is 9.59 Å². The molecule has 34 heavy (non-hydrogen) atoms. The molecule has 0 spiro atoms. The fraction of sp³-hybridized carbons (Fsp3) is 0.481.